The van der Waals surface area contributed by atoms with E-state index < -0.39 is 6.10 Å². The number of pyridine rings is 1. The second-order valence-electron chi connectivity index (χ2n) is 5.01. The van der Waals surface area contributed by atoms with Crippen LogP contribution in [-0.2, 0) is 13.0 Å². The van der Waals surface area contributed by atoms with Crippen molar-refractivity contribution in [2.75, 3.05) is 0 Å². The summed E-state index contributed by atoms with van der Waals surface area (Å²) in [5.41, 5.74) is 3.45. The van der Waals surface area contributed by atoms with Gasteiger partial charge in [-0.25, -0.2) is 4.98 Å². The molecule has 3 rings (SSSR count). The highest BCUT2D eigenvalue weighted by Gasteiger charge is 2.19. The summed E-state index contributed by atoms with van der Waals surface area (Å²) in [5, 5.41) is 14.9. The fourth-order valence-corrected chi connectivity index (χ4v) is 2.91. The zero-order valence-corrected chi connectivity index (χ0v) is 13.6. The molecule has 1 N–H and O–H groups in total. The van der Waals surface area contributed by atoms with E-state index >= 15 is 0 Å². The van der Waals surface area contributed by atoms with Gasteiger partial charge in [-0.15, -0.1) is 0 Å². The average Bonchev–Trinajstić information content (AvgIpc) is 3.03. The van der Waals surface area contributed by atoms with Crippen LogP contribution in [0.25, 0.3) is 5.65 Å². The van der Waals surface area contributed by atoms with Gasteiger partial charge in [-0.05, 0) is 41.9 Å². The molecule has 0 amide bonds. The lowest BCUT2D eigenvalue weighted by atomic mass is 10.1. The lowest BCUT2D eigenvalue weighted by Gasteiger charge is -2.10. The number of imidazole rings is 1. The molecule has 0 aliphatic rings. The van der Waals surface area contributed by atoms with Crippen LogP contribution in [0, 0.1) is 6.92 Å². The summed E-state index contributed by atoms with van der Waals surface area (Å²) in [6, 6.07) is 5.80. The van der Waals surface area contributed by atoms with Crippen LogP contribution in [-0.4, -0.2) is 24.3 Å². The van der Waals surface area contributed by atoms with Crippen molar-refractivity contribution in [3.05, 3.63) is 52.1 Å². The molecule has 6 heteroatoms. The van der Waals surface area contributed by atoms with Gasteiger partial charge in [0.25, 0.3) is 0 Å². The number of hydrogen-bond acceptors (Lipinski definition) is 3. The Hall–Kier alpha value is -1.66. The molecule has 0 fully saturated rings. The maximum Gasteiger partial charge on any atom is 0.137 e. The number of nitrogens with zero attached hydrogens (tertiary/aromatic N) is 4. The van der Waals surface area contributed by atoms with E-state index in [4.69, 9.17) is 0 Å². The summed E-state index contributed by atoms with van der Waals surface area (Å²) in [5.74, 6) is 0. The Kier molecular flexibility index (Phi) is 3.82. The van der Waals surface area contributed by atoms with Crippen molar-refractivity contribution in [2.45, 2.75) is 32.9 Å². The first-order chi connectivity index (χ1) is 10.1. The Balaban J connectivity index is 1.91. The highest BCUT2D eigenvalue weighted by atomic mass is 79.9. The van der Waals surface area contributed by atoms with E-state index in [0.29, 0.717) is 12.1 Å². The van der Waals surface area contributed by atoms with Gasteiger partial charge in [-0.2, -0.15) is 5.10 Å². The SMILES string of the molecule is CCn1nc(C)c(Br)c1CC(O)c1cn2ccccc2n1. The van der Waals surface area contributed by atoms with E-state index in [0.717, 1.165) is 28.1 Å². The summed E-state index contributed by atoms with van der Waals surface area (Å²) < 4.78 is 4.79. The topological polar surface area (TPSA) is 55.3 Å². The van der Waals surface area contributed by atoms with Crippen molar-refractivity contribution in [3.8, 4) is 0 Å². The molecule has 21 heavy (non-hydrogen) atoms. The minimum Gasteiger partial charge on any atom is -0.386 e. The van der Waals surface area contributed by atoms with Crippen LogP contribution >= 0.6 is 15.9 Å². The molecule has 110 valence electrons. The van der Waals surface area contributed by atoms with Crippen molar-refractivity contribution in [3.63, 3.8) is 0 Å². The minimum atomic E-state index is -0.650. The molecule has 5 nitrogen and oxygen atoms in total. The van der Waals surface area contributed by atoms with E-state index in [2.05, 4.69) is 26.0 Å². The molecule has 0 aromatic carbocycles. The van der Waals surface area contributed by atoms with Gasteiger partial charge in [0.2, 0.25) is 0 Å². The third kappa shape index (κ3) is 2.61. The number of aromatic nitrogens is 4. The van der Waals surface area contributed by atoms with Gasteiger partial charge in [-0.1, -0.05) is 6.07 Å². The lowest BCUT2D eigenvalue weighted by Crippen LogP contribution is -2.09. The Labute approximate surface area is 131 Å². The lowest BCUT2D eigenvalue weighted by molar-refractivity contribution is 0.171. The number of aryl methyl sites for hydroxylation is 2. The van der Waals surface area contributed by atoms with E-state index in [1.807, 2.05) is 53.5 Å². The molecule has 0 saturated carbocycles. The van der Waals surface area contributed by atoms with Crippen molar-refractivity contribution < 1.29 is 5.11 Å². The summed E-state index contributed by atoms with van der Waals surface area (Å²) in [7, 11) is 0. The Morgan fingerprint density at radius 3 is 2.90 bits per heavy atom. The van der Waals surface area contributed by atoms with Gasteiger partial charge in [0.1, 0.15) is 11.8 Å². The van der Waals surface area contributed by atoms with Crippen molar-refractivity contribution in [1.29, 1.82) is 0 Å². The minimum absolute atomic E-state index is 0.485. The first-order valence-electron chi connectivity index (χ1n) is 6.93. The zero-order chi connectivity index (χ0) is 15.0. The first-order valence-corrected chi connectivity index (χ1v) is 7.73. The number of fused-ring (bicyclic) bond motifs is 1. The van der Waals surface area contributed by atoms with Gasteiger partial charge >= 0.3 is 0 Å². The standard InChI is InChI=1S/C15H17BrN4O/c1-3-20-12(15(16)10(2)18-20)8-13(21)11-9-19-7-5-4-6-14(19)17-11/h4-7,9,13,21H,3,8H2,1-2H3. The predicted octanol–water partition coefficient (Wildman–Crippen LogP) is 2.90. The Bertz CT molecular complexity index is 744. The number of hydrogen-bond donors (Lipinski definition) is 1. The molecule has 0 spiro atoms. The average molecular weight is 349 g/mol. The van der Waals surface area contributed by atoms with E-state index in [1.165, 1.54) is 0 Å². The molecule has 0 saturated heterocycles. The third-order valence-corrected chi connectivity index (χ3v) is 4.60. The molecule has 0 aliphatic heterocycles. The van der Waals surface area contributed by atoms with Crippen LogP contribution in [0.3, 0.4) is 0 Å². The molecular weight excluding hydrogens is 332 g/mol. The van der Waals surface area contributed by atoms with E-state index in [1.54, 1.807) is 0 Å². The van der Waals surface area contributed by atoms with Crippen LogP contribution in [0.15, 0.2) is 35.1 Å². The quantitative estimate of drug-likeness (QED) is 0.788. The zero-order valence-electron chi connectivity index (χ0n) is 12.0. The Morgan fingerprint density at radius 2 is 2.19 bits per heavy atom. The van der Waals surface area contributed by atoms with Crippen LogP contribution in [0.2, 0.25) is 0 Å². The molecule has 3 heterocycles. The molecule has 1 unspecified atom stereocenters. The fourth-order valence-electron chi connectivity index (χ4n) is 2.47. The molecule has 3 aromatic rings. The van der Waals surface area contributed by atoms with Gasteiger partial charge < -0.3 is 9.51 Å². The maximum absolute atomic E-state index is 10.5. The van der Waals surface area contributed by atoms with Gasteiger partial charge in [-0.3, -0.25) is 4.68 Å². The van der Waals surface area contributed by atoms with E-state index in [9.17, 15) is 5.11 Å². The fraction of sp³-hybridized carbons (Fsp3) is 0.333. The smallest absolute Gasteiger partial charge is 0.137 e. The number of aliphatic hydroxyl groups excluding tert-OH is 1. The van der Waals surface area contributed by atoms with Crippen molar-refractivity contribution in [2.24, 2.45) is 0 Å². The molecule has 3 aromatic heterocycles. The third-order valence-electron chi connectivity index (χ3n) is 3.56. The molecule has 0 aliphatic carbocycles. The van der Waals surface area contributed by atoms with Gasteiger partial charge in [0.05, 0.1) is 21.6 Å². The highest BCUT2D eigenvalue weighted by molar-refractivity contribution is 9.10. The number of rotatable bonds is 4. The predicted molar refractivity (Wildman–Crippen MR) is 84.2 cm³/mol. The van der Waals surface area contributed by atoms with E-state index in [-0.39, 0.29) is 0 Å². The summed E-state index contributed by atoms with van der Waals surface area (Å²) in [6.07, 6.45) is 3.63. The monoisotopic (exact) mass is 348 g/mol. The Morgan fingerprint density at radius 1 is 1.38 bits per heavy atom. The van der Waals surface area contributed by atoms with Crippen LogP contribution in [0.5, 0.6) is 0 Å². The second kappa shape index (κ2) is 5.61. The summed E-state index contributed by atoms with van der Waals surface area (Å²) in [6.45, 7) is 4.77. The first kappa shape index (κ1) is 14.3. The number of halogens is 1. The van der Waals surface area contributed by atoms with Crippen molar-refractivity contribution >= 4 is 21.6 Å². The largest absolute Gasteiger partial charge is 0.386 e. The summed E-state index contributed by atoms with van der Waals surface area (Å²) in [4.78, 5) is 4.47. The highest BCUT2D eigenvalue weighted by Crippen LogP contribution is 2.26. The number of aliphatic hydroxyl groups is 1. The van der Waals surface area contributed by atoms with Crippen LogP contribution < -0.4 is 0 Å². The van der Waals surface area contributed by atoms with Gasteiger partial charge in [0.15, 0.2) is 0 Å². The normalized spacial score (nSPS) is 13.0. The maximum atomic E-state index is 10.5. The van der Waals surface area contributed by atoms with Crippen molar-refractivity contribution in [1.82, 2.24) is 19.2 Å². The van der Waals surface area contributed by atoms with Gasteiger partial charge in [0, 0.05) is 25.4 Å². The van der Waals surface area contributed by atoms with Crippen LogP contribution in [0.4, 0.5) is 0 Å². The summed E-state index contributed by atoms with van der Waals surface area (Å²) >= 11 is 3.56. The molecular formula is C15H17BrN4O. The molecule has 0 bridgehead atoms. The molecule has 1 atom stereocenters. The second-order valence-corrected chi connectivity index (χ2v) is 5.81. The van der Waals surface area contributed by atoms with Crippen LogP contribution in [0.1, 0.15) is 30.1 Å². The molecule has 0 radical (unpaired) electrons.